The number of ether oxygens (including phenoxy) is 3. The molecule has 162 valence electrons. The largest absolute Gasteiger partial charge is 0.493 e. The summed E-state index contributed by atoms with van der Waals surface area (Å²) in [6.45, 7) is 5.36. The van der Waals surface area contributed by atoms with E-state index < -0.39 is 18.0 Å². The molecule has 7 nitrogen and oxygen atoms in total. The van der Waals surface area contributed by atoms with E-state index in [4.69, 9.17) is 18.6 Å². The Morgan fingerprint density at radius 1 is 1.10 bits per heavy atom. The molecule has 0 aliphatic rings. The third-order valence-corrected chi connectivity index (χ3v) is 4.47. The summed E-state index contributed by atoms with van der Waals surface area (Å²) in [5, 5.41) is 0. The lowest BCUT2D eigenvalue weighted by molar-refractivity contribution is -0.167. The van der Waals surface area contributed by atoms with Gasteiger partial charge in [0, 0.05) is 24.5 Å². The third-order valence-electron chi connectivity index (χ3n) is 4.47. The first-order valence-corrected chi connectivity index (χ1v) is 10.1. The summed E-state index contributed by atoms with van der Waals surface area (Å²) in [7, 11) is 0. The van der Waals surface area contributed by atoms with Crippen LogP contribution in [0.5, 0.6) is 5.75 Å². The lowest BCUT2D eigenvalue weighted by atomic mass is 10.1. The molecule has 1 atom stereocenters. The van der Waals surface area contributed by atoms with Crippen molar-refractivity contribution in [3.8, 4) is 17.2 Å². The molecule has 0 bridgehead atoms. The summed E-state index contributed by atoms with van der Waals surface area (Å²) in [6.07, 6.45) is -0.579. The minimum Gasteiger partial charge on any atom is -0.493 e. The summed E-state index contributed by atoms with van der Waals surface area (Å²) >= 11 is 0. The molecule has 3 rings (SSSR count). The number of hydrogen-bond donors (Lipinski definition) is 0. The zero-order chi connectivity index (χ0) is 22.2. The maximum Gasteiger partial charge on any atom is 0.352 e. The summed E-state index contributed by atoms with van der Waals surface area (Å²) < 4.78 is 21.8. The van der Waals surface area contributed by atoms with Crippen LogP contribution < -0.4 is 4.74 Å². The predicted molar refractivity (Wildman–Crippen MR) is 113 cm³/mol. The van der Waals surface area contributed by atoms with Crippen LogP contribution in [0.3, 0.4) is 0 Å². The van der Waals surface area contributed by atoms with E-state index in [0.717, 1.165) is 17.0 Å². The van der Waals surface area contributed by atoms with Crippen molar-refractivity contribution in [2.75, 3.05) is 13.2 Å². The first kappa shape index (κ1) is 22.1. The van der Waals surface area contributed by atoms with Crippen molar-refractivity contribution in [3.05, 3.63) is 71.6 Å². The molecule has 0 saturated heterocycles. The smallest absolute Gasteiger partial charge is 0.352 e. The van der Waals surface area contributed by atoms with E-state index in [0.29, 0.717) is 30.2 Å². The fourth-order valence-corrected chi connectivity index (χ4v) is 3.03. The van der Waals surface area contributed by atoms with E-state index >= 15 is 0 Å². The van der Waals surface area contributed by atoms with Crippen LogP contribution in [0, 0.1) is 6.92 Å². The minimum absolute atomic E-state index is 0.189. The average Bonchev–Trinajstić information content (AvgIpc) is 3.13. The molecule has 0 aliphatic heterocycles. The second kappa shape index (κ2) is 10.4. The Balaban J connectivity index is 1.66. The number of rotatable bonds is 9. The highest BCUT2D eigenvalue weighted by Crippen LogP contribution is 2.25. The van der Waals surface area contributed by atoms with Gasteiger partial charge in [-0.25, -0.2) is 9.78 Å². The zero-order valence-electron chi connectivity index (χ0n) is 17.8. The van der Waals surface area contributed by atoms with Crippen molar-refractivity contribution in [1.29, 1.82) is 0 Å². The monoisotopic (exact) mass is 423 g/mol. The lowest BCUT2D eigenvalue weighted by Crippen LogP contribution is -2.21. The number of oxazole rings is 1. The van der Waals surface area contributed by atoms with Crippen LogP contribution in [0.2, 0.25) is 0 Å². The molecular weight excluding hydrogens is 398 g/mol. The number of aromatic nitrogens is 1. The Morgan fingerprint density at radius 3 is 2.58 bits per heavy atom. The third kappa shape index (κ3) is 5.94. The Labute approximate surface area is 181 Å². The summed E-state index contributed by atoms with van der Waals surface area (Å²) in [5.74, 6) is 0.673. The number of carbonyl (C=O) groups is 2. The standard InChI is InChI=1S/C24H25NO6/c1-4-28-24(27)22(31-17(3)26)19-11-8-12-20(15-19)29-14-13-21-16(2)30-23(25-21)18-9-6-5-7-10-18/h5-12,15,22H,4,13-14H2,1-3H3. The Bertz CT molecular complexity index is 1030. The van der Waals surface area contributed by atoms with E-state index in [1.54, 1.807) is 31.2 Å². The second-order valence-electron chi connectivity index (χ2n) is 6.80. The second-order valence-corrected chi connectivity index (χ2v) is 6.80. The highest BCUT2D eigenvalue weighted by molar-refractivity contribution is 5.80. The van der Waals surface area contributed by atoms with Gasteiger partial charge >= 0.3 is 11.9 Å². The molecule has 0 radical (unpaired) electrons. The van der Waals surface area contributed by atoms with Gasteiger partial charge in [0.2, 0.25) is 12.0 Å². The van der Waals surface area contributed by atoms with E-state index in [1.165, 1.54) is 6.92 Å². The SMILES string of the molecule is CCOC(=O)C(OC(C)=O)c1cccc(OCCc2nc(-c3ccccc3)oc2C)c1. The van der Waals surface area contributed by atoms with Crippen LogP contribution in [0.15, 0.2) is 59.0 Å². The molecule has 0 fully saturated rings. The van der Waals surface area contributed by atoms with Gasteiger partial charge in [-0.3, -0.25) is 4.79 Å². The van der Waals surface area contributed by atoms with Crippen molar-refractivity contribution in [3.63, 3.8) is 0 Å². The van der Waals surface area contributed by atoms with Crippen LogP contribution in [0.4, 0.5) is 0 Å². The molecule has 1 aromatic heterocycles. The maximum atomic E-state index is 12.2. The van der Waals surface area contributed by atoms with Gasteiger partial charge in [0.05, 0.1) is 18.9 Å². The molecule has 2 aromatic carbocycles. The van der Waals surface area contributed by atoms with E-state index in [2.05, 4.69) is 4.98 Å². The van der Waals surface area contributed by atoms with Gasteiger partial charge in [0.15, 0.2) is 0 Å². The fraction of sp³-hybridized carbons (Fsp3) is 0.292. The Kier molecular flexibility index (Phi) is 7.43. The number of nitrogens with zero attached hydrogens (tertiary/aromatic N) is 1. The molecule has 3 aromatic rings. The topological polar surface area (TPSA) is 87.9 Å². The summed E-state index contributed by atoms with van der Waals surface area (Å²) in [4.78, 5) is 28.2. The van der Waals surface area contributed by atoms with E-state index in [1.807, 2.05) is 37.3 Å². The van der Waals surface area contributed by atoms with Crippen molar-refractivity contribution in [2.24, 2.45) is 0 Å². The average molecular weight is 423 g/mol. The van der Waals surface area contributed by atoms with Gasteiger partial charge in [0.25, 0.3) is 0 Å². The quantitative estimate of drug-likeness (QED) is 0.470. The molecule has 0 N–H and O–H groups in total. The van der Waals surface area contributed by atoms with Crippen molar-refractivity contribution in [1.82, 2.24) is 4.98 Å². The van der Waals surface area contributed by atoms with Crippen molar-refractivity contribution < 1.29 is 28.2 Å². The number of carbonyl (C=O) groups excluding carboxylic acids is 2. The van der Waals surface area contributed by atoms with Crippen molar-refractivity contribution in [2.45, 2.75) is 33.3 Å². The van der Waals surface area contributed by atoms with Gasteiger partial charge < -0.3 is 18.6 Å². The van der Waals surface area contributed by atoms with Gasteiger partial charge in [-0.05, 0) is 38.1 Å². The van der Waals surface area contributed by atoms with E-state index in [-0.39, 0.29) is 6.61 Å². The first-order chi connectivity index (χ1) is 15.0. The molecule has 1 unspecified atom stereocenters. The lowest BCUT2D eigenvalue weighted by Gasteiger charge is -2.16. The predicted octanol–water partition coefficient (Wildman–Crippen LogP) is 4.44. The number of aryl methyl sites for hydroxylation is 1. The Morgan fingerprint density at radius 2 is 1.87 bits per heavy atom. The number of hydrogen-bond acceptors (Lipinski definition) is 7. The van der Waals surface area contributed by atoms with Crippen LogP contribution in [-0.2, 0) is 25.5 Å². The first-order valence-electron chi connectivity index (χ1n) is 10.1. The minimum atomic E-state index is -1.13. The van der Waals surface area contributed by atoms with Crippen LogP contribution in [0.25, 0.3) is 11.5 Å². The molecule has 31 heavy (non-hydrogen) atoms. The Hall–Kier alpha value is -3.61. The van der Waals surface area contributed by atoms with Crippen LogP contribution >= 0.6 is 0 Å². The number of benzene rings is 2. The fourth-order valence-electron chi connectivity index (χ4n) is 3.03. The zero-order valence-corrected chi connectivity index (χ0v) is 17.8. The molecule has 1 heterocycles. The summed E-state index contributed by atoms with van der Waals surface area (Å²) in [6, 6.07) is 16.5. The highest BCUT2D eigenvalue weighted by atomic mass is 16.6. The number of esters is 2. The molecule has 0 aliphatic carbocycles. The maximum absolute atomic E-state index is 12.2. The normalized spacial score (nSPS) is 11.6. The molecular formula is C24H25NO6. The molecule has 0 spiro atoms. The van der Waals surface area contributed by atoms with Gasteiger partial charge in [-0.1, -0.05) is 30.3 Å². The summed E-state index contributed by atoms with van der Waals surface area (Å²) in [5.41, 5.74) is 2.22. The van der Waals surface area contributed by atoms with Gasteiger partial charge in [-0.2, -0.15) is 0 Å². The van der Waals surface area contributed by atoms with Crippen LogP contribution in [0.1, 0.15) is 37.0 Å². The van der Waals surface area contributed by atoms with Gasteiger partial charge in [-0.15, -0.1) is 0 Å². The molecule has 7 heteroatoms. The molecule has 0 amide bonds. The van der Waals surface area contributed by atoms with Gasteiger partial charge in [0.1, 0.15) is 11.5 Å². The van der Waals surface area contributed by atoms with Crippen LogP contribution in [-0.4, -0.2) is 30.1 Å². The van der Waals surface area contributed by atoms with Crippen molar-refractivity contribution >= 4 is 11.9 Å². The molecule has 0 saturated carbocycles. The highest BCUT2D eigenvalue weighted by Gasteiger charge is 2.25. The van der Waals surface area contributed by atoms with E-state index in [9.17, 15) is 9.59 Å².